The van der Waals surface area contributed by atoms with Crippen LogP contribution in [0.3, 0.4) is 0 Å². The highest BCUT2D eigenvalue weighted by atomic mass is 79.9. The maximum absolute atomic E-state index is 12.9. The Morgan fingerprint density at radius 2 is 1.76 bits per heavy atom. The number of carbonyl (C=O) groups is 1. The largest absolute Gasteiger partial charge is 0.490 e. The number of halogens is 1. The topological polar surface area (TPSA) is 84.9 Å². The zero-order valence-electron chi connectivity index (χ0n) is 19.9. The van der Waals surface area contributed by atoms with Crippen LogP contribution in [0, 0.1) is 5.92 Å². The van der Waals surface area contributed by atoms with E-state index in [1.807, 2.05) is 63.2 Å². The summed E-state index contributed by atoms with van der Waals surface area (Å²) in [5, 5.41) is 3.08. The normalized spacial score (nSPS) is 16.1. The van der Waals surface area contributed by atoms with Gasteiger partial charge >= 0.3 is 0 Å². The Bertz CT molecular complexity index is 1080. The number of hydrogen-bond acceptors (Lipinski definition) is 5. The first kappa shape index (κ1) is 26.5. The summed E-state index contributed by atoms with van der Waals surface area (Å²) in [6, 6.07) is 12.8. The van der Waals surface area contributed by atoms with Crippen molar-refractivity contribution in [3.8, 4) is 11.5 Å². The summed E-state index contributed by atoms with van der Waals surface area (Å²) >= 11 is 3.38. The molecule has 9 heteroatoms. The molecule has 1 amide bonds. The van der Waals surface area contributed by atoms with Crippen molar-refractivity contribution >= 4 is 31.9 Å². The quantitative estimate of drug-likeness (QED) is 0.463. The van der Waals surface area contributed by atoms with E-state index >= 15 is 0 Å². The molecule has 3 rings (SSSR count). The van der Waals surface area contributed by atoms with Gasteiger partial charge < -0.3 is 14.8 Å². The van der Waals surface area contributed by atoms with Gasteiger partial charge in [0.15, 0.2) is 11.5 Å². The molecule has 1 fully saturated rings. The molecule has 0 saturated carbocycles. The van der Waals surface area contributed by atoms with Crippen LogP contribution in [0.4, 0.5) is 0 Å². The molecule has 34 heavy (non-hydrogen) atoms. The van der Waals surface area contributed by atoms with Crippen molar-refractivity contribution in [3.63, 3.8) is 0 Å². The third kappa shape index (κ3) is 6.96. The maximum atomic E-state index is 12.9. The van der Waals surface area contributed by atoms with Crippen molar-refractivity contribution in [2.75, 3.05) is 26.3 Å². The monoisotopic (exact) mass is 552 g/mol. The van der Waals surface area contributed by atoms with Crippen molar-refractivity contribution in [2.24, 2.45) is 5.92 Å². The van der Waals surface area contributed by atoms with E-state index < -0.39 is 10.0 Å². The molecule has 1 saturated heterocycles. The minimum Gasteiger partial charge on any atom is -0.490 e. The lowest BCUT2D eigenvalue weighted by Gasteiger charge is -2.31. The molecule has 0 aliphatic carbocycles. The number of ether oxygens (including phenoxy) is 2. The number of nitrogens with one attached hydrogen (secondary N) is 1. The Balaban J connectivity index is 1.56. The van der Waals surface area contributed by atoms with Gasteiger partial charge in [0.2, 0.25) is 15.9 Å². The van der Waals surface area contributed by atoms with Crippen molar-refractivity contribution < 1.29 is 22.7 Å². The maximum Gasteiger partial charge on any atom is 0.223 e. The van der Waals surface area contributed by atoms with Gasteiger partial charge in [-0.3, -0.25) is 4.79 Å². The molecule has 1 N–H and O–H groups in total. The molecule has 0 aromatic heterocycles. The second-order valence-corrected chi connectivity index (χ2v) is 11.2. The van der Waals surface area contributed by atoms with Gasteiger partial charge in [0.25, 0.3) is 0 Å². The standard InChI is InChI=1S/C25H33BrN2O5S/c1-4-32-23-10-9-21(16-24(23)33-5-2)18(3)27-25(29)20-11-13-28(14-12-20)34(30,31)17-19-7-6-8-22(26)15-19/h6-10,15-16,18,20H,4-5,11-14,17H2,1-3H3,(H,27,29)/t18-/m1/s1. The third-order valence-electron chi connectivity index (χ3n) is 5.88. The smallest absolute Gasteiger partial charge is 0.223 e. The number of piperidine rings is 1. The summed E-state index contributed by atoms with van der Waals surface area (Å²) in [7, 11) is -3.43. The fourth-order valence-corrected chi connectivity index (χ4v) is 6.07. The SMILES string of the molecule is CCOc1ccc([C@@H](C)NC(=O)C2CCN(S(=O)(=O)Cc3cccc(Br)c3)CC2)cc1OCC. The Morgan fingerprint density at radius 1 is 1.09 bits per heavy atom. The summed E-state index contributed by atoms with van der Waals surface area (Å²) in [6.07, 6.45) is 1.01. The molecule has 0 bridgehead atoms. The molecule has 1 atom stereocenters. The average Bonchev–Trinajstić information content (AvgIpc) is 2.80. The van der Waals surface area contributed by atoms with E-state index in [0.29, 0.717) is 50.6 Å². The predicted octanol–water partition coefficient (Wildman–Crippen LogP) is 4.67. The predicted molar refractivity (Wildman–Crippen MR) is 136 cm³/mol. The first-order chi connectivity index (χ1) is 16.2. The van der Waals surface area contributed by atoms with Crippen LogP contribution in [0.1, 0.15) is 50.8 Å². The van der Waals surface area contributed by atoms with Gasteiger partial charge in [-0.15, -0.1) is 0 Å². The van der Waals surface area contributed by atoms with Gasteiger partial charge in [0, 0.05) is 23.5 Å². The van der Waals surface area contributed by atoms with Gasteiger partial charge in [-0.2, -0.15) is 0 Å². The Kier molecular flexibility index (Phi) is 9.39. The number of carbonyl (C=O) groups excluding carboxylic acids is 1. The molecule has 1 aliphatic rings. The van der Waals surface area contributed by atoms with E-state index in [1.54, 1.807) is 0 Å². The van der Waals surface area contributed by atoms with Gasteiger partial charge in [0.05, 0.1) is 25.0 Å². The van der Waals surface area contributed by atoms with Crippen molar-refractivity contribution in [1.29, 1.82) is 0 Å². The lowest BCUT2D eigenvalue weighted by Crippen LogP contribution is -2.43. The van der Waals surface area contributed by atoms with Crippen LogP contribution >= 0.6 is 15.9 Å². The first-order valence-electron chi connectivity index (χ1n) is 11.7. The summed E-state index contributed by atoms with van der Waals surface area (Å²) in [5.41, 5.74) is 1.67. The summed E-state index contributed by atoms with van der Waals surface area (Å²) < 4.78 is 39.4. The number of rotatable bonds is 10. The molecule has 2 aromatic carbocycles. The molecule has 0 unspecified atom stereocenters. The van der Waals surface area contributed by atoms with Crippen LogP contribution in [0.5, 0.6) is 11.5 Å². The average molecular weight is 554 g/mol. The van der Waals surface area contributed by atoms with Gasteiger partial charge in [-0.25, -0.2) is 12.7 Å². The van der Waals surface area contributed by atoms with Crippen LogP contribution in [-0.4, -0.2) is 44.9 Å². The van der Waals surface area contributed by atoms with E-state index in [-0.39, 0.29) is 23.6 Å². The van der Waals surface area contributed by atoms with E-state index in [1.165, 1.54) is 4.31 Å². The molecule has 7 nitrogen and oxygen atoms in total. The van der Waals surface area contributed by atoms with Crippen molar-refractivity contribution in [2.45, 2.75) is 45.4 Å². The number of nitrogens with zero attached hydrogens (tertiary/aromatic N) is 1. The molecular formula is C25H33BrN2O5S. The molecule has 0 spiro atoms. The zero-order chi connectivity index (χ0) is 24.7. The van der Waals surface area contributed by atoms with Crippen LogP contribution in [0.25, 0.3) is 0 Å². The summed E-state index contributed by atoms with van der Waals surface area (Å²) in [4.78, 5) is 12.9. The van der Waals surface area contributed by atoms with Crippen molar-refractivity contribution in [1.82, 2.24) is 9.62 Å². The van der Waals surface area contributed by atoms with E-state index in [4.69, 9.17) is 9.47 Å². The number of hydrogen-bond donors (Lipinski definition) is 1. The summed E-state index contributed by atoms with van der Waals surface area (Å²) in [5.74, 6) is 1.03. The van der Waals surface area contributed by atoms with E-state index in [9.17, 15) is 13.2 Å². The lowest BCUT2D eigenvalue weighted by atomic mass is 9.96. The highest BCUT2D eigenvalue weighted by Crippen LogP contribution is 2.31. The molecule has 0 radical (unpaired) electrons. The zero-order valence-corrected chi connectivity index (χ0v) is 22.3. The third-order valence-corrected chi connectivity index (χ3v) is 8.23. The first-order valence-corrected chi connectivity index (χ1v) is 14.1. The number of benzene rings is 2. The fraction of sp³-hybridized carbons (Fsp3) is 0.480. The van der Waals surface area contributed by atoms with Gasteiger partial charge in [-0.05, 0) is 69.0 Å². The lowest BCUT2D eigenvalue weighted by molar-refractivity contribution is -0.126. The van der Waals surface area contributed by atoms with E-state index in [2.05, 4.69) is 21.2 Å². The Labute approximate surface area is 211 Å². The van der Waals surface area contributed by atoms with Crippen LogP contribution in [0.2, 0.25) is 0 Å². The highest BCUT2D eigenvalue weighted by Gasteiger charge is 2.31. The molecular weight excluding hydrogens is 520 g/mol. The molecule has 2 aromatic rings. The van der Waals surface area contributed by atoms with Crippen LogP contribution in [0.15, 0.2) is 46.9 Å². The molecule has 1 aliphatic heterocycles. The molecule has 186 valence electrons. The fourth-order valence-electron chi connectivity index (χ4n) is 4.08. The summed E-state index contributed by atoms with van der Waals surface area (Å²) in [6.45, 7) is 7.53. The van der Waals surface area contributed by atoms with Crippen LogP contribution < -0.4 is 14.8 Å². The van der Waals surface area contributed by atoms with Crippen LogP contribution in [-0.2, 0) is 20.6 Å². The minimum atomic E-state index is -3.43. The minimum absolute atomic E-state index is 0.0414. The second kappa shape index (κ2) is 12.0. The second-order valence-electron chi connectivity index (χ2n) is 8.36. The Hall–Kier alpha value is -2.10. The Morgan fingerprint density at radius 3 is 2.41 bits per heavy atom. The number of amides is 1. The number of sulfonamides is 1. The van der Waals surface area contributed by atoms with Gasteiger partial charge in [-0.1, -0.05) is 34.1 Å². The highest BCUT2D eigenvalue weighted by molar-refractivity contribution is 9.10. The molecule has 1 heterocycles. The van der Waals surface area contributed by atoms with Gasteiger partial charge in [0.1, 0.15) is 0 Å². The van der Waals surface area contributed by atoms with Crippen molar-refractivity contribution in [3.05, 3.63) is 58.1 Å². The van der Waals surface area contributed by atoms with E-state index in [0.717, 1.165) is 15.6 Å².